The van der Waals surface area contributed by atoms with Gasteiger partial charge in [-0.3, -0.25) is 9.78 Å². The van der Waals surface area contributed by atoms with Gasteiger partial charge in [-0.15, -0.1) is 0 Å². The molecule has 0 atom stereocenters. The van der Waals surface area contributed by atoms with E-state index in [9.17, 15) is 9.59 Å². The number of rotatable bonds is 4. The van der Waals surface area contributed by atoms with Gasteiger partial charge in [-0.25, -0.2) is 4.79 Å². The van der Waals surface area contributed by atoms with Crippen molar-refractivity contribution in [2.45, 2.75) is 19.4 Å². The Kier molecular flexibility index (Phi) is 4.46. The van der Waals surface area contributed by atoms with Gasteiger partial charge in [0.1, 0.15) is 0 Å². The molecule has 6 nitrogen and oxygen atoms in total. The maximum absolute atomic E-state index is 11.9. The Morgan fingerprint density at radius 3 is 2.84 bits per heavy atom. The van der Waals surface area contributed by atoms with Crippen LogP contribution in [0, 0.1) is 5.92 Å². The zero-order chi connectivity index (χ0) is 13.7. The van der Waals surface area contributed by atoms with Crippen LogP contribution in [-0.2, 0) is 11.3 Å². The molecule has 0 aliphatic carbocycles. The molecule has 0 saturated carbocycles. The molecule has 1 saturated heterocycles. The zero-order valence-corrected chi connectivity index (χ0v) is 10.6. The monoisotopic (exact) mass is 263 g/mol. The second kappa shape index (κ2) is 6.29. The number of carbonyl (C=O) groups excluding carboxylic acids is 1. The van der Waals surface area contributed by atoms with Crippen molar-refractivity contribution in [1.82, 2.24) is 15.6 Å². The average Bonchev–Trinajstić information content (AvgIpc) is 2.46. The Bertz CT molecular complexity index is 470. The van der Waals surface area contributed by atoms with Crippen molar-refractivity contribution in [3.8, 4) is 0 Å². The summed E-state index contributed by atoms with van der Waals surface area (Å²) in [5.74, 6) is -0.929. The molecule has 1 aromatic heterocycles. The number of carboxylic acid groups (broad SMARTS) is 1. The Morgan fingerprint density at radius 2 is 2.16 bits per heavy atom. The summed E-state index contributed by atoms with van der Waals surface area (Å²) >= 11 is 0. The standard InChI is InChI=1S/C13H17N3O3/c17-12(9-1-4-14-5-2-9)16-8-11-7-10(13(18)19)3-6-15-11/h3,6-7,9,14H,1-2,4-5,8H2,(H,16,17)(H,18,19). The van der Waals surface area contributed by atoms with E-state index in [0.29, 0.717) is 5.69 Å². The Labute approximate surface area is 111 Å². The quantitative estimate of drug-likeness (QED) is 0.731. The smallest absolute Gasteiger partial charge is 0.335 e. The van der Waals surface area contributed by atoms with Crippen LogP contribution in [0.4, 0.5) is 0 Å². The molecule has 0 aromatic carbocycles. The lowest BCUT2D eigenvalue weighted by molar-refractivity contribution is -0.125. The highest BCUT2D eigenvalue weighted by Gasteiger charge is 2.20. The van der Waals surface area contributed by atoms with Gasteiger partial charge >= 0.3 is 5.97 Å². The summed E-state index contributed by atoms with van der Waals surface area (Å²) in [6.07, 6.45) is 3.12. The molecule has 1 amide bonds. The first-order valence-electron chi connectivity index (χ1n) is 6.33. The minimum Gasteiger partial charge on any atom is -0.478 e. The molecular weight excluding hydrogens is 246 g/mol. The fraction of sp³-hybridized carbons (Fsp3) is 0.462. The molecule has 0 radical (unpaired) electrons. The summed E-state index contributed by atoms with van der Waals surface area (Å²) in [5.41, 5.74) is 0.739. The van der Waals surface area contributed by atoms with Crippen LogP contribution in [0.1, 0.15) is 28.9 Å². The minimum absolute atomic E-state index is 0.0176. The molecule has 0 bridgehead atoms. The molecule has 6 heteroatoms. The summed E-state index contributed by atoms with van der Waals surface area (Å²) in [7, 11) is 0. The number of aromatic carboxylic acids is 1. The molecule has 1 aromatic rings. The van der Waals surface area contributed by atoms with E-state index in [1.165, 1.54) is 18.3 Å². The molecule has 2 heterocycles. The van der Waals surface area contributed by atoms with Crippen molar-refractivity contribution in [2.75, 3.05) is 13.1 Å². The van der Waals surface area contributed by atoms with Crippen molar-refractivity contribution in [3.63, 3.8) is 0 Å². The van der Waals surface area contributed by atoms with Crippen molar-refractivity contribution in [1.29, 1.82) is 0 Å². The Morgan fingerprint density at radius 1 is 1.42 bits per heavy atom. The third kappa shape index (κ3) is 3.75. The minimum atomic E-state index is -0.992. The fourth-order valence-electron chi connectivity index (χ4n) is 2.11. The summed E-state index contributed by atoms with van der Waals surface area (Å²) in [4.78, 5) is 26.8. The van der Waals surface area contributed by atoms with Crippen molar-refractivity contribution in [3.05, 3.63) is 29.6 Å². The number of nitrogens with one attached hydrogen (secondary N) is 2. The van der Waals surface area contributed by atoms with Crippen LogP contribution in [0.3, 0.4) is 0 Å². The maximum atomic E-state index is 11.9. The molecule has 1 aliphatic heterocycles. The predicted octanol–water partition coefficient (Wildman–Crippen LogP) is 0.396. The third-order valence-electron chi connectivity index (χ3n) is 3.22. The first kappa shape index (κ1) is 13.5. The van der Waals surface area contributed by atoms with Crippen LogP contribution in [0.25, 0.3) is 0 Å². The van der Waals surface area contributed by atoms with Gasteiger partial charge < -0.3 is 15.7 Å². The van der Waals surface area contributed by atoms with Gasteiger partial charge in [-0.1, -0.05) is 0 Å². The van der Waals surface area contributed by atoms with Gasteiger partial charge in [0.05, 0.1) is 17.8 Å². The van der Waals surface area contributed by atoms with Gasteiger partial charge in [-0.05, 0) is 38.1 Å². The molecule has 2 rings (SSSR count). The zero-order valence-electron chi connectivity index (χ0n) is 10.6. The van der Waals surface area contributed by atoms with Gasteiger partial charge in [0.2, 0.25) is 5.91 Å². The fourth-order valence-corrected chi connectivity index (χ4v) is 2.11. The van der Waals surface area contributed by atoms with Crippen LogP contribution in [0.5, 0.6) is 0 Å². The number of hydrogen-bond acceptors (Lipinski definition) is 4. The highest BCUT2D eigenvalue weighted by Crippen LogP contribution is 2.11. The second-order valence-corrected chi connectivity index (χ2v) is 4.58. The Hall–Kier alpha value is -1.95. The molecule has 1 aliphatic rings. The number of carbonyl (C=O) groups is 2. The summed E-state index contributed by atoms with van der Waals surface area (Å²) in [6, 6.07) is 2.91. The SMILES string of the molecule is O=C(O)c1ccnc(CNC(=O)C2CCNCC2)c1. The molecule has 102 valence electrons. The molecule has 19 heavy (non-hydrogen) atoms. The molecular formula is C13H17N3O3. The third-order valence-corrected chi connectivity index (χ3v) is 3.22. The lowest BCUT2D eigenvalue weighted by Gasteiger charge is -2.21. The van der Waals surface area contributed by atoms with Gasteiger partial charge in [-0.2, -0.15) is 0 Å². The van der Waals surface area contributed by atoms with E-state index in [1.807, 2.05) is 0 Å². The number of piperidine rings is 1. The predicted molar refractivity (Wildman–Crippen MR) is 68.6 cm³/mol. The van der Waals surface area contributed by atoms with Crippen LogP contribution < -0.4 is 10.6 Å². The van der Waals surface area contributed by atoms with Gasteiger partial charge in [0.25, 0.3) is 0 Å². The number of carboxylic acids is 1. The number of aromatic nitrogens is 1. The largest absolute Gasteiger partial charge is 0.478 e. The molecule has 1 fully saturated rings. The summed E-state index contributed by atoms with van der Waals surface area (Å²) < 4.78 is 0. The number of amides is 1. The van der Waals surface area contributed by atoms with Gasteiger partial charge in [0, 0.05) is 12.1 Å². The van der Waals surface area contributed by atoms with Crippen LogP contribution in [0.2, 0.25) is 0 Å². The van der Waals surface area contributed by atoms with Crippen molar-refractivity contribution < 1.29 is 14.7 Å². The lowest BCUT2D eigenvalue weighted by Crippen LogP contribution is -2.38. The van der Waals surface area contributed by atoms with Crippen LogP contribution >= 0.6 is 0 Å². The van der Waals surface area contributed by atoms with Crippen LogP contribution in [0.15, 0.2) is 18.3 Å². The van der Waals surface area contributed by atoms with E-state index in [0.717, 1.165) is 25.9 Å². The normalized spacial score (nSPS) is 16.0. The maximum Gasteiger partial charge on any atom is 0.335 e. The van der Waals surface area contributed by atoms with E-state index in [2.05, 4.69) is 15.6 Å². The summed E-state index contributed by atoms with van der Waals surface area (Å²) in [5, 5.41) is 14.9. The van der Waals surface area contributed by atoms with Gasteiger partial charge in [0.15, 0.2) is 0 Å². The number of pyridine rings is 1. The highest BCUT2D eigenvalue weighted by molar-refractivity contribution is 5.87. The van der Waals surface area contributed by atoms with E-state index < -0.39 is 5.97 Å². The number of hydrogen-bond donors (Lipinski definition) is 3. The lowest BCUT2D eigenvalue weighted by atomic mass is 9.97. The van der Waals surface area contributed by atoms with E-state index in [4.69, 9.17) is 5.11 Å². The summed E-state index contributed by atoms with van der Waals surface area (Å²) in [6.45, 7) is 2.00. The van der Waals surface area contributed by atoms with E-state index >= 15 is 0 Å². The highest BCUT2D eigenvalue weighted by atomic mass is 16.4. The molecule has 0 unspecified atom stereocenters. The first-order chi connectivity index (χ1) is 9.16. The number of nitrogens with zero attached hydrogens (tertiary/aromatic N) is 1. The van der Waals surface area contributed by atoms with E-state index in [1.54, 1.807) is 0 Å². The second-order valence-electron chi connectivity index (χ2n) is 4.58. The first-order valence-corrected chi connectivity index (χ1v) is 6.33. The van der Waals surface area contributed by atoms with Crippen molar-refractivity contribution >= 4 is 11.9 Å². The van der Waals surface area contributed by atoms with E-state index in [-0.39, 0.29) is 23.9 Å². The van der Waals surface area contributed by atoms with Crippen molar-refractivity contribution in [2.24, 2.45) is 5.92 Å². The topological polar surface area (TPSA) is 91.3 Å². The molecule has 3 N–H and O–H groups in total. The van der Waals surface area contributed by atoms with Crippen LogP contribution in [-0.4, -0.2) is 35.1 Å². The average molecular weight is 263 g/mol. The Balaban J connectivity index is 1.89. The molecule has 0 spiro atoms.